The number of fused-ring (bicyclic) bond motifs is 1. The van der Waals surface area contributed by atoms with Crippen LogP contribution < -0.4 is 5.32 Å². The smallest absolute Gasteiger partial charge is 0.183 e. The molecule has 19 heavy (non-hydrogen) atoms. The van der Waals surface area contributed by atoms with Crippen molar-refractivity contribution >= 4 is 38.3 Å². The number of hydrogen-bond donors (Lipinski definition) is 1. The van der Waals surface area contributed by atoms with E-state index in [0.29, 0.717) is 0 Å². The summed E-state index contributed by atoms with van der Waals surface area (Å²) in [5, 5.41) is 5.14. The van der Waals surface area contributed by atoms with Crippen LogP contribution in [0.1, 0.15) is 13.8 Å². The molecular formula is C14H20ClN3S. The number of aromatic nitrogens is 1. The van der Waals surface area contributed by atoms with Gasteiger partial charge in [0.05, 0.1) is 15.2 Å². The van der Waals surface area contributed by atoms with Crippen LogP contribution in [0, 0.1) is 5.41 Å². The first-order valence-electron chi connectivity index (χ1n) is 6.31. The van der Waals surface area contributed by atoms with Gasteiger partial charge in [-0.1, -0.05) is 42.9 Å². The van der Waals surface area contributed by atoms with Crippen LogP contribution in [0.3, 0.4) is 0 Å². The second kappa shape index (κ2) is 5.65. The van der Waals surface area contributed by atoms with Gasteiger partial charge in [0.1, 0.15) is 0 Å². The molecule has 0 unspecified atom stereocenters. The van der Waals surface area contributed by atoms with Gasteiger partial charge in [0.2, 0.25) is 0 Å². The van der Waals surface area contributed by atoms with Gasteiger partial charge in [-0.15, -0.1) is 0 Å². The van der Waals surface area contributed by atoms with Crippen LogP contribution in [0.4, 0.5) is 5.13 Å². The Labute approximate surface area is 123 Å². The van der Waals surface area contributed by atoms with E-state index in [1.807, 2.05) is 18.2 Å². The molecule has 0 aliphatic rings. The van der Waals surface area contributed by atoms with Gasteiger partial charge in [-0.25, -0.2) is 4.98 Å². The summed E-state index contributed by atoms with van der Waals surface area (Å²) >= 11 is 7.78. The van der Waals surface area contributed by atoms with Crippen LogP contribution in [-0.4, -0.2) is 37.1 Å². The van der Waals surface area contributed by atoms with E-state index in [2.05, 4.69) is 43.1 Å². The summed E-state index contributed by atoms with van der Waals surface area (Å²) in [6.07, 6.45) is 0. The van der Waals surface area contributed by atoms with E-state index in [-0.39, 0.29) is 5.41 Å². The van der Waals surface area contributed by atoms with Crippen molar-refractivity contribution in [2.45, 2.75) is 13.8 Å². The van der Waals surface area contributed by atoms with Crippen molar-refractivity contribution in [3.05, 3.63) is 23.2 Å². The van der Waals surface area contributed by atoms with Gasteiger partial charge in [-0.3, -0.25) is 0 Å². The summed E-state index contributed by atoms with van der Waals surface area (Å²) in [5.41, 5.74) is 1.16. The first-order valence-corrected chi connectivity index (χ1v) is 7.50. The van der Waals surface area contributed by atoms with E-state index in [1.165, 1.54) is 0 Å². The van der Waals surface area contributed by atoms with Gasteiger partial charge in [0.25, 0.3) is 0 Å². The Kier molecular flexibility index (Phi) is 4.33. The first kappa shape index (κ1) is 14.6. The zero-order valence-electron chi connectivity index (χ0n) is 11.8. The van der Waals surface area contributed by atoms with E-state index in [0.717, 1.165) is 33.5 Å². The number of anilines is 1. The summed E-state index contributed by atoms with van der Waals surface area (Å²) in [6, 6.07) is 5.83. The highest BCUT2D eigenvalue weighted by atomic mass is 35.5. The molecule has 1 aromatic carbocycles. The molecule has 104 valence electrons. The molecule has 2 rings (SSSR count). The summed E-state index contributed by atoms with van der Waals surface area (Å²) < 4.78 is 1.05. The quantitative estimate of drug-likeness (QED) is 0.906. The molecule has 3 nitrogen and oxygen atoms in total. The molecule has 2 aromatic rings. The van der Waals surface area contributed by atoms with Gasteiger partial charge < -0.3 is 10.2 Å². The zero-order chi connectivity index (χ0) is 14.0. The van der Waals surface area contributed by atoms with Crippen LogP contribution in [-0.2, 0) is 0 Å². The maximum Gasteiger partial charge on any atom is 0.183 e. The third-order valence-electron chi connectivity index (χ3n) is 2.83. The predicted octanol–water partition coefficient (Wildman–Crippen LogP) is 3.95. The minimum Gasteiger partial charge on any atom is -0.361 e. The van der Waals surface area contributed by atoms with Crippen molar-refractivity contribution < 1.29 is 0 Å². The second-order valence-corrected chi connectivity index (χ2v) is 7.27. The fraction of sp³-hybridized carbons (Fsp3) is 0.500. The molecule has 0 aliphatic heterocycles. The number of nitrogens with one attached hydrogen (secondary N) is 1. The van der Waals surface area contributed by atoms with Crippen LogP contribution in [0.25, 0.3) is 10.2 Å². The fourth-order valence-corrected chi connectivity index (χ4v) is 3.37. The molecule has 5 heteroatoms. The molecule has 0 bridgehead atoms. The first-order chi connectivity index (χ1) is 8.87. The van der Waals surface area contributed by atoms with E-state index < -0.39 is 0 Å². The normalized spacial score (nSPS) is 12.3. The molecule has 0 radical (unpaired) electrons. The van der Waals surface area contributed by atoms with Crippen LogP contribution >= 0.6 is 22.9 Å². The number of rotatable bonds is 5. The van der Waals surface area contributed by atoms with Crippen molar-refractivity contribution in [1.29, 1.82) is 0 Å². The van der Waals surface area contributed by atoms with Crippen LogP contribution in [0.2, 0.25) is 5.02 Å². The number of hydrogen-bond acceptors (Lipinski definition) is 4. The molecule has 1 heterocycles. The monoisotopic (exact) mass is 297 g/mol. The van der Waals surface area contributed by atoms with Crippen molar-refractivity contribution in [1.82, 2.24) is 9.88 Å². The lowest BCUT2D eigenvalue weighted by Crippen LogP contribution is -2.34. The molecule has 0 spiro atoms. The summed E-state index contributed by atoms with van der Waals surface area (Å²) in [6.45, 7) is 6.43. The molecule has 0 saturated heterocycles. The molecule has 1 N–H and O–H groups in total. The summed E-state index contributed by atoms with van der Waals surface area (Å²) in [4.78, 5) is 6.77. The van der Waals surface area contributed by atoms with Gasteiger partial charge in [-0.2, -0.15) is 0 Å². The molecule has 0 aliphatic carbocycles. The third kappa shape index (κ3) is 3.81. The molecule has 0 atom stereocenters. The molecule has 0 fully saturated rings. The van der Waals surface area contributed by atoms with Crippen molar-refractivity contribution in [2.24, 2.45) is 5.41 Å². The maximum absolute atomic E-state index is 6.17. The highest BCUT2D eigenvalue weighted by molar-refractivity contribution is 7.22. The van der Waals surface area contributed by atoms with Gasteiger partial charge in [0, 0.05) is 13.1 Å². The third-order valence-corrected chi connectivity index (χ3v) is 4.32. The molecule has 0 amide bonds. The maximum atomic E-state index is 6.17. The van der Waals surface area contributed by atoms with Crippen molar-refractivity contribution in [2.75, 3.05) is 32.5 Å². The minimum atomic E-state index is 0.200. The lowest BCUT2D eigenvalue weighted by atomic mass is 9.93. The van der Waals surface area contributed by atoms with E-state index >= 15 is 0 Å². The Morgan fingerprint density at radius 1 is 1.37 bits per heavy atom. The number of halogens is 1. The summed E-state index contributed by atoms with van der Waals surface area (Å²) in [5.74, 6) is 0. The second-order valence-electron chi connectivity index (χ2n) is 5.86. The van der Waals surface area contributed by atoms with Gasteiger partial charge >= 0.3 is 0 Å². The fourth-order valence-electron chi connectivity index (χ4n) is 2.22. The standard InChI is InChI=1S/C14H20ClN3S/c1-14(2,9-18(3)4)8-16-13-17-11-7-5-6-10(15)12(11)19-13/h5-7H,8-9H2,1-4H3,(H,16,17). The molecular weight excluding hydrogens is 278 g/mol. The Balaban J connectivity index is 2.08. The SMILES string of the molecule is CN(C)CC(C)(C)CNc1nc2cccc(Cl)c2s1. The Morgan fingerprint density at radius 3 is 2.74 bits per heavy atom. The zero-order valence-corrected chi connectivity index (χ0v) is 13.4. The Morgan fingerprint density at radius 2 is 2.11 bits per heavy atom. The molecule has 0 saturated carbocycles. The topological polar surface area (TPSA) is 28.2 Å². The van der Waals surface area contributed by atoms with Crippen molar-refractivity contribution in [3.8, 4) is 0 Å². The van der Waals surface area contributed by atoms with Gasteiger partial charge in [0.15, 0.2) is 5.13 Å². The lowest BCUT2D eigenvalue weighted by Gasteiger charge is -2.28. The Bertz CT molecular complexity index is 563. The highest BCUT2D eigenvalue weighted by Gasteiger charge is 2.19. The Hall–Kier alpha value is -0.840. The van der Waals surface area contributed by atoms with E-state index in [1.54, 1.807) is 11.3 Å². The summed E-state index contributed by atoms with van der Waals surface area (Å²) in [7, 11) is 4.19. The van der Waals surface area contributed by atoms with E-state index in [9.17, 15) is 0 Å². The minimum absolute atomic E-state index is 0.200. The van der Waals surface area contributed by atoms with Crippen molar-refractivity contribution in [3.63, 3.8) is 0 Å². The lowest BCUT2D eigenvalue weighted by molar-refractivity contribution is 0.254. The highest BCUT2D eigenvalue weighted by Crippen LogP contribution is 2.32. The van der Waals surface area contributed by atoms with Gasteiger partial charge in [-0.05, 0) is 31.6 Å². The average molecular weight is 298 g/mol. The number of nitrogens with zero attached hydrogens (tertiary/aromatic N) is 2. The predicted molar refractivity (Wildman–Crippen MR) is 85.5 cm³/mol. The molecule has 1 aromatic heterocycles. The number of benzene rings is 1. The number of thiazole rings is 1. The average Bonchev–Trinajstić information content (AvgIpc) is 2.69. The van der Waals surface area contributed by atoms with E-state index in [4.69, 9.17) is 11.6 Å². The van der Waals surface area contributed by atoms with Crippen LogP contribution in [0.15, 0.2) is 18.2 Å². The largest absolute Gasteiger partial charge is 0.361 e. The van der Waals surface area contributed by atoms with Crippen LogP contribution in [0.5, 0.6) is 0 Å².